The minimum atomic E-state index is -0.799. The maximum atomic E-state index is 12.0. The van der Waals surface area contributed by atoms with Crippen molar-refractivity contribution < 1.29 is 14.3 Å². The van der Waals surface area contributed by atoms with Crippen molar-refractivity contribution in [2.24, 2.45) is 5.73 Å². The van der Waals surface area contributed by atoms with Gasteiger partial charge in [0.25, 0.3) is 0 Å². The first kappa shape index (κ1) is 31.3. The Kier molecular flexibility index (Phi) is 21.7. The number of hydrogen-bond acceptors (Lipinski definition) is 4. The van der Waals surface area contributed by atoms with Crippen molar-refractivity contribution in [3.05, 3.63) is 35.9 Å². The van der Waals surface area contributed by atoms with Crippen LogP contribution in [-0.4, -0.2) is 47.5 Å². The summed E-state index contributed by atoms with van der Waals surface area (Å²) in [5.74, 6) is -1.09. The van der Waals surface area contributed by atoms with E-state index in [-0.39, 0.29) is 29.6 Å². The predicted molar refractivity (Wildman–Crippen MR) is 136 cm³/mol. The molecule has 1 aromatic carbocycles. The van der Waals surface area contributed by atoms with Crippen LogP contribution in [0.1, 0.15) is 115 Å². The van der Waals surface area contributed by atoms with Crippen LogP contribution in [0.15, 0.2) is 30.3 Å². The van der Waals surface area contributed by atoms with Gasteiger partial charge in [0.2, 0.25) is 0 Å². The van der Waals surface area contributed by atoms with Crippen molar-refractivity contribution in [3.8, 4) is 0 Å². The monoisotopic (exact) mass is 455 g/mol. The van der Waals surface area contributed by atoms with Crippen LogP contribution in [0.3, 0.4) is 0 Å². The molecule has 0 fully saturated rings. The van der Waals surface area contributed by atoms with Crippen LogP contribution in [0.2, 0.25) is 0 Å². The van der Waals surface area contributed by atoms with Crippen molar-refractivity contribution in [1.29, 1.82) is 0 Å². The molecule has 4 nitrogen and oxygen atoms in total. The molecule has 1 unspecified atom stereocenters. The van der Waals surface area contributed by atoms with Crippen molar-refractivity contribution in [3.63, 3.8) is 0 Å². The van der Waals surface area contributed by atoms with E-state index in [9.17, 15) is 9.59 Å². The second-order valence-corrected chi connectivity index (χ2v) is 8.79. The van der Waals surface area contributed by atoms with Gasteiger partial charge in [-0.05, 0) is 18.4 Å². The molecule has 0 spiro atoms. The van der Waals surface area contributed by atoms with Gasteiger partial charge in [-0.1, -0.05) is 127 Å². The van der Waals surface area contributed by atoms with E-state index in [0.29, 0.717) is 12.8 Å². The number of carbonyl (C=O) groups is 2. The summed E-state index contributed by atoms with van der Waals surface area (Å²) in [4.78, 5) is 23.8. The van der Waals surface area contributed by atoms with Crippen molar-refractivity contribution in [2.75, 3.05) is 0 Å². The van der Waals surface area contributed by atoms with Crippen LogP contribution in [-0.2, 0) is 20.7 Å². The third kappa shape index (κ3) is 17.8. The van der Waals surface area contributed by atoms with Crippen LogP contribution >= 0.6 is 0 Å². The van der Waals surface area contributed by atoms with Gasteiger partial charge in [-0.3, -0.25) is 4.79 Å². The number of unbranched alkanes of at least 4 members (excludes halogenated alkanes) is 14. The first-order valence-electron chi connectivity index (χ1n) is 12.7. The van der Waals surface area contributed by atoms with Crippen LogP contribution in [0.4, 0.5) is 0 Å². The molecule has 1 atom stereocenters. The second-order valence-electron chi connectivity index (χ2n) is 8.79. The average molecular weight is 456 g/mol. The van der Waals surface area contributed by atoms with Gasteiger partial charge in [0.1, 0.15) is 6.04 Å². The summed E-state index contributed by atoms with van der Waals surface area (Å²) in [5.41, 5.74) is 6.82. The van der Waals surface area contributed by atoms with Gasteiger partial charge in [-0.2, -0.15) is 0 Å². The Labute approximate surface area is 218 Å². The first-order chi connectivity index (χ1) is 15.1. The van der Waals surface area contributed by atoms with E-state index in [1.54, 1.807) is 0 Å². The summed E-state index contributed by atoms with van der Waals surface area (Å²) >= 11 is 0. The molecule has 0 saturated heterocycles. The average Bonchev–Trinajstić information content (AvgIpc) is 2.77. The van der Waals surface area contributed by atoms with E-state index >= 15 is 0 Å². The van der Waals surface area contributed by atoms with Crippen LogP contribution in [0.5, 0.6) is 0 Å². The Bertz CT molecular complexity index is 580. The molecule has 0 saturated carbocycles. The molecule has 0 amide bonds. The van der Waals surface area contributed by atoms with Gasteiger partial charge in [0.05, 0.1) is 0 Å². The summed E-state index contributed by atoms with van der Waals surface area (Å²) in [7, 11) is 0. The molecule has 0 aromatic heterocycles. The molecule has 0 aliphatic heterocycles. The van der Waals surface area contributed by atoms with Gasteiger partial charge in [-0.15, -0.1) is 0 Å². The van der Waals surface area contributed by atoms with Gasteiger partial charge in [-0.25, -0.2) is 4.79 Å². The number of carbonyl (C=O) groups excluding carboxylic acids is 2. The van der Waals surface area contributed by atoms with Crippen molar-refractivity contribution in [1.82, 2.24) is 0 Å². The standard InChI is InChI=1S/C27H45NO3.Na.H/c1-2-3-4-5-6-7-8-9-10-11-12-13-14-15-19-22-26(29)31-27(30)25(28)23-24-20-17-16-18-21-24;;/h16-18,20-21,25H,2-15,19,22-23,28H2,1H3;;. The molecule has 32 heavy (non-hydrogen) atoms. The van der Waals surface area contributed by atoms with Gasteiger partial charge < -0.3 is 10.5 Å². The normalized spacial score (nSPS) is 11.6. The first-order valence-corrected chi connectivity index (χ1v) is 12.7. The van der Waals surface area contributed by atoms with Crippen molar-refractivity contribution in [2.45, 2.75) is 122 Å². The molecule has 1 aromatic rings. The van der Waals surface area contributed by atoms with Gasteiger partial charge in [0.15, 0.2) is 0 Å². The maximum absolute atomic E-state index is 12.0. The number of ether oxygens (including phenoxy) is 1. The van der Waals surface area contributed by atoms with E-state index in [0.717, 1.165) is 24.8 Å². The Hall–Kier alpha value is -0.680. The van der Waals surface area contributed by atoms with E-state index in [1.807, 2.05) is 30.3 Å². The molecule has 0 aliphatic rings. The zero-order valence-electron chi connectivity index (χ0n) is 19.8. The molecule has 0 heterocycles. The summed E-state index contributed by atoms with van der Waals surface area (Å²) in [6.45, 7) is 2.27. The Morgan fingerprint density at radius 3 is 1.66 bits per heavy atom. The fourth-order valence-electron chi connectivity index (χ4n) is 3.83. The summed E-state index contributed by atoms with van der Waals surface area (Å²) in [6.07, 6.45) is 19.9. The van der Waals surface area contributed by atoms with Gasteiger partial charge in [0, 0.05) is 6.42 Å². The molecule has 0 aliphatic carbocycles. The number of benzene rings is 1. The Morgan fingerprint density at radius 1 is 0.750 bits per heavy atom. The van der Waals surface area contributed by atoms with E-state index in [2.05, 4.69) is 6.92 Å². The number of rotatable bonds is 19. The summed E-state index contributed by atoms with van der Waals surface area (Å²) < 4.78 is 4.90. The third-order valence-electron chi connectivity index (χ3n) is 5.80. The van der Waals surface area contributed by atoms with E-state index < -0.39 is 18.0 Å². The number of hydrogen-bond donors (Lipinski definition) is 1. The molecule has 0 bridgehead atoms. The fourth-order valence-corrected chi connectivity index (χ4v) is 3.83. The molecular formula is C27H46NNaO3. The Balaban J connectivity index is 0.00000961. The predicted octanol–water partition coefficient (Wildman–Crippen LogP) is 6.24. The summed E-state index contributed by atoms with van der Waals surface area (Å²) in [6, 6.07) is 8.72. The minimum absolute atomic E-state index is 0. The zero-order chi connectivity index (χ0) is 22.6. The van der Waals surface area contributed by atoms with Crippen LogP contribution < -0.4 is 5.73 Å². The zero-order valence-corrected chi connectivity index (χ0v) is 19.8. The van der Waals surface area contributed by atoms with Crippen LogP contribution in [0, 0.1) is 0 Å². The number of nitrogens with two attached hydrogens (primary N) is 1. The fraction of sp³-hybridized carbons (Fsp3) is 0.704. The third-order valence-corrected chi connectivity index (χ3v) is 5.80. The van der Waals surface area contributed by atoms with Crippen molar-refractivity contribution >= 4 is 41.5 Å². The van der Waals surface area contributed by atoms with E-state index in [4.69, 9.17) is 10.5 Å². The summed E-state index contributed by atoms with van der Waals surface area (Å²) in [5, 5.41) is 0. The topological polar surface area (TPSA) is 69.4 Å². The number of esters is 2. The van der Waals surface area contributed by atoms with Crippen LogP contribution in [0.25, 0.3) is 0 Å². The second kappa shape index (κ2) is 22.1. The molecule has 2 N–H and O–H groups in total. The molecule has 178 valence electrons. The SMILES string of the molecule is CCCCCCCCCCCCCCCCCC(=O)OC(=O)C(N)Cc1ccccc1.[NaH]. The quantitative estimate of drug-likeness (QED) is 0.116. The molecule has 1 rings (SSSR count). The van der Waals surface area contributed by atoms with E-state index in [1.165, 1.54) is 77.0 Å². The Morgan fingerprint density at radius 2 is 1.19 bits per heavy atom. The molecule has 5 heteroatoms. The molecular weight excluding hydrogens is 409 g/mol. The van der Waals surface area contributed by atoms with Gasteiger partial charge >= 0.3 is 41.5 Å². The molecule has 0 radical (unpaired) electrons.